The molecular formula is C41H55N9O2. The van der Waals surface area contributed by atoms with Crippen LogP contribution in [0.1, 0.15) is 108 Å². The molecule has 11 nitrogen and oxygen atoms in total. The van der Waals surface area contributed by atoms with Gasteiger partial charge in [0.05, 0.1) is 17.9 Å². The number of aliphatic imine (C=N–C) groups is 1. The number of nitrogens with zero attached hydrogens (tertiary/aromatic N) is 4. The lowest BCUT2D eigenvalue weighted by Crippen LogP contribution is -2.47. The third-order valence-electron chi connectivity index (χ3n) is 10.5. The van der Waals surface area contributed by atoms with Crippen molar-refractivity contribution >= 4 is 29.2 Å². The van der Waals surface area contributed by atoms with Crippen molar-refractivity contribution in [1.29, 1.82) is 16.2 Å². The number of urea groups is 1. The molecule has 3 aromatic rings. The molecule has 3 unspecified atom stereocenters. The molecule has 276 valence electrons. The van der Waals surface area contributed by atoms with Crippen molar-refractivity contribution in [3.05, 3.63) is 89.0 Å². The van der Waals surface area contributed by atoms with Crippen molar-refractivity contribution in [2.75, 3.05) is 19.6 Å². The highest BCUT2D eigenvalue weighted by Gasteiger charge is 2.30. The standard InChI is InChI=1S/C41H55N9O2/c1-28-12-7-8-23-49(28)39(44)50-27-31(17-20-37(50)43)52-35-19-18-34(32-15-5-6-16-33(32)35)46-40(51)47-38(25-36(42)41(2,3)4)45-30-14-11-13-29(24-30)26-48-21-9-10-22-48/h5-6,11,13-17,20,24,27-28,34-35,42-44H,7-10,12,18-19,21-23,25-26H2,1-4H3,(H2,45,46,47,51). The zero-order valence-corrected chi connectivity index (χ0v) is 31.2. The Hall–Kier alpha value is -4.77. The molecule has 0 radical (unpaired) electrons. The van der Waals surface area contributed by atoms with E-state index in [4.69, 9.17) is 26.0 Å². The van der Waals surface area contributed by atoms with E-state index in [9.17, 15) is 4.79 Å². The van der Waals surface area contributed by atoms with Crippen LogP contribution in [0.3, 0.4) is 0 Å². The molecule has 1 aliphatic carbocycles. The highest BCUT2D eigenvalue weighted by molar-refractivity contribution is 6.09. The Morgan fingerprint density at radius 1 is 0.923 bits per heavy atom. The third kappa shape index (κ3) is 9.17. The molecule has 3 heterocycles. The van der Waals surface area contributed by atoms with Crippen LogP contribution in [0.4, 0.5) is 10.5 Å². The SMILES string of the molecule is CC1CCCCN1C(=N)n1cc(OC2CCC(NC(=O)NC(CC(=N)C(C)(C)C)=Nc3cccc(CN4CCCC4)c3)c3ccccc32)ccc1=N. The van der Waals surface area contributed by atoms with Crippen molar-refractivity contribution in [3.8, 4) is 5.75 Å². The number of benzene rings is 2. The molecule has 2 amide bonds. The normalized spacial score (nSPS) is 21.0. The molecule has 0 saturated carbocycles. The van der Waals surface area contributed by atoms with Crippen LogP contribution in [0, 0.1) is 21.6 Å². The number of piperidine rings is 1. The predicted octanol–water partition coefficient (Wildman–Crippen LogP) is 7.66. The van der Waals surface area contributed by atoms with Crippen molar-refractivity contribution in [1.82, 2.24) is 25.0 Å². The van der Waals surface area contributed by atoms with E-state index in [2.05, 4.69) is 39.5 Å². The number of fused-ring (bicyclic) bond motifs is 1. The van der Waals surface area contributed by atoms with E-state index in [1.807, 2.05) is 57.2 Å². The number of ether oxygens (including phenoxy) is 1. The van der Waals surface area contributed by atoms with Crippen LogP contribution >= 0.6 is 0 Å². The third-order valence-corrected chi connectivity index (χ3v) is 10.5. The number of amidine groups is 1. The molecule has 3 aliphatic rings. The minimum atomic E-state index is -0.361. The smallest absolute Gasteiger partial charge is 0.320 e. The number of rotatable bonds is 8. The number of hydrogen-bond acceptors (Lipinski definition) is 7. The first-order valence-electron chi connectivity index (χ1n) is 18.9. The minimum Gasteiger partial charge on any atom is -0.484 e. The average Bonchev–Trinajstić information content (AvgIpc) is 3.63. The van der Waals surface area contributed by atoms with Gasteiger partial charge in [-0.3, -0.25) is 25.6 Å². The molecule has 1 aromatic heterocycles. The molecule has 2 fully saturated rings. The van der Waals surface area contributed by atoms with E-state index in [1.165, 1.54) is 18.4 Å². The highest BCUT2D eigenvalue weighted by Crippen LogP contribution is 2.38. The maximum absolute atomic E-state index is 13.7. The Kier molecular flexibility index (Phi) is 11.6. The van der Waals surface area contributed by atoms with Crippen LogP contribution in [0.2, 0.25) is 0 Å². The van der Waals surface area contributed by atoms with Gasteiger partial charge in [0.25, 0.3) is 0 Å². The lowest BCUT2D eigenvalue weighted by molar-refractivity contribution is 0.170. The molecule has 5 N–H and O–H groups in total. The summed E-state index contributed by atoms with van der Waals surface area (Å²) in [5, 5.41) is 32.4. The van der Waals surface area contributed by atoms with E-state index < -0.39 is 0 Å². The van der Waals surface area contributed by atoms with Gasteiger partial charge in [0.2, 0.25) is 5.96 Å². The lowest BCUT2D eigenvalue weighted by Gasteiger charge is -2.36. The zero-order valence-electron chi connectivity index (χ0n) is 31.2. The second-order valence-electron chi connectivity index (χ2n) is 15.6. The topological polar surface area (TPSA) is 146 Å². The van der Waals surface area contributed by atoms with Crippen LogP contribution in [0.5, 0.6) is 5.75 Å². The van der Waals surface area contributed by atoms with Gasteiger partial charge in [0.1, 0.15) is 23.2 Å². The lowest BCUT2D eigenvalue weighted by atomic mass is 9.85. The Morgan fingerprint density at radius 3 is 2.42 bits per heavy atom. The van der Waals surface area contributed by atoms with Gasteiger partial charge in [0, 0.05) is 31.3 Å². The summed E-state index contributed by atoms with van der Waals surface area (Å²) >= 11 is 0. The van der Waals surface area contributed by atoms with E-state index in [0.717, 1.165) is 62.3 Å². The summed E-state index contributed by atoms with van der Waals surface area (Å²) in [4.78, 5) is 23.0. The molecule has 11 heteroatoms. The first kappa shape index (κ1) is 37.0. The van der Waals surface area contributed by atoms with Gasteiger partial charge in [-0.25, -0.2) is 9.79 Å². The number of likely N-dealkylation sites (tertiary alicyclic amines) is 2. The van der Waals surface area contributed by atoms with E-state index in [1.54, 1.807) is 22.9 Å². The van der Waals surface area contributed by atoms with E-state index in [-0.39, 0.29) is 41.5 Å². The van der Waals surface area contributed by atoms with Gasteiger partial charge in [-0.05, 0) is 111 Å². The van der Waals surface area contributed by atoms with Crippen molar-refractivity contribution in [2.24, 2.45) is 10.4 Å². The Bertz CT molecular complexity index is 1850. The molecule has 2 aliphatic heterocycles. The van der Waals surface area contributed by atoms with E-state index in [0.29, 0.717) is 36.1 Å². The summed E-state index contributed by atoms with van der Waals surface area (Å²) in [6.45, 7) is 12.1. The minimum absolute atomic E-state index is 0.232. The number of carbonyl (C=O) groups excluding carboxylic acids is 1. The summed E-state index contributed by atoms with van der Waals surface area (Å²) < 4.78 is 8.16. The molecule has 2 aromatic carbocycles. The van der Waals surface area contributed by atoms with Gasteiger partial charge < -0.3 is 20.4 Å². The number of amides is 2. The van der Waals surface area contributed by atoms with Gasteiger partial charge >= 0.3 is 6.03 Å². The fraction of sp³-hybridized carbons (Fsp3) is 0.488. The second kappa shape index (κ2) is 16.3. The second-order valence-corrected chi connectivity index (χ2v) is 15.6. The monoisotopic (exact) mass is 705 g/mol. The zero-order chi connectivity index (χ0) is 36.8. The summed E-state index contributed by atoms with van der Waals surface area (Å²) in [6.07, 6.45) is 8.79. The highest BCUT2D eigenvalue weighted by atomic mass is 16.5. The number of pyridine rings is 1. The first-order chi connectivity index (χ1) is 24.9. The number of hydrogen-bond donors (Lipinski definition) is 5. The Labute approximate surface area is 308 Å². The van der Waals surface area contributed by atoms with Crippen LogP contribution in [-0.4, -0.2) is 63.6 Å². The summed E-state index contributed by atoms with van der Waals surface area (Å²) in [7, 11) is 0. The maximum Gasteiger partial charge on any atom is 0.320 e. The molecule has 0 bridgehead atoms. The molecule has 0 spiro atoms. The summed E-state index contributed by atoms with van der Waals surface area (Å²) in [5.41, 5.74) is 4.31. The average molecular weight is 706 g/mol. The van der Waals surface area contributed by atoms with Gasteiger partial charge in [-0.1, -0.05) is 57.2 Å². The largest absolute Gasteiger partial charge is 0.484 e. The molecular weight excluding hydrogens is 651 g/mol. The fourth-order valence-corrected chi connectivity index (χ4v) is 7.41. The molecule has 2 saturated heterocycles. The Balaban J connectivity index is 1.16. The van der Waals surface area contributed by atoms with Crippen LogP contribution in [0.25, 0.3) is 0 Å². The van der Waals surface area contributed by atoms with Gasteiger partial charge in [0.15, 0.2) is 0 Å². The quantitative estimate of drug-likeness (QED) is 0.121. The van der Waals surface area contributed by atoms with E-state index >= 15 is 0 Å². The van der Waals surface area contributed by atoms with Crippen LogP contribution < -0.4 is 20.9 Å². The molecule has 3 atom stereocenters. The number of aromatic nitrogens is 1. The summed E-state index contributed by atoms with van der Waals surface area (Å²) in [6, 6.07) is 19.3. The number of nitrogens with one attached hydrogen (secondary N) is 5. The Morgan fingerprint density at radius 2 is 1.67 bits per heavy atom. The van der Waals surface area contributed by atoms with Crippen molar-refractivity contribution in [2.45, 2.75) is 104 Å². The first-order valence-corrected chi connectivity index (χ1v) is 18.9. The van der Waals surface area contributed by atoms with Crippen molar-refractivity contribution in [3.63, 3.8) is 0 Å². The maximum atomic E-state index is 13.7. The van der Waals surface area contributed by atoms with Gasteiger partial charge in [-0.2, -0.15) is 0 Å². The predicted molar refractivity (Wildman–Crippen MR) is 207 cm³/mol. The summed E-state index contributed by atoms with van der Waals surface area (Å²) in [5.74, 6) is 1.34. The van der Waals surface area contributed by atoms with Crippen LogP contribution in [0.15, 0.2) is 71.9 Å². The molecule has 6 rings (SSSR count). The molecule has 52 heavy (non-hydrogen) atoms. The van der Waals surface area contributed by atoms with Gasteiger partial charge in [-0.15, -0.1) is 0 Å². The number of carbonyl (C=O) groups is 1. The van der Waals surface area contributed by atoms with Crippen LogP contribution in [-0.2, 0) is 6.54 Å². The fourth-order valence-electron chi connectivity index (χ4n) is 7.41. The van der Waals surface area contributed by atoms with Crippen molar-refractivity contribution < 1.29 is 9.53 Å².